The van der Waals surface area contributed by atoms with Gasteiger partial charge in [-0.25, -0.2) is 9.18 Å². The van der Waals surface area contributed by atoms with Gasteiger partial charge in [-0.05, 0) is 47.4 Å². The zero-order chi connectivity index (χ0) is 23.6. The predicted octanol–water partition coefficient (Wildman–Crippen LogP) is 7.43. The summed E-state index contributed by atoms with van der Waals surface area (Å²) >= 11 is 0. The molecule has 3 aromatic carbocycles. The SMILES string of the molecule is CC(C)c1c(-c2cc(F)cc3[nH]ccc23)[nH]c(C(=O)O)c1-c1cccc2[nH]c3ccccc3c12. The Morgan fingerprint density at radius 2 is 1.68 bits per heavy atom. The van der Waals surface area contributed by atoms with Crippen LogP contribution in [0.15, 0.2) is 66.9 Å². The van der Waals surface area contributed by atoms with Crippen molar-refractivity contribution in [1.29, 1.82) is 0 Å². The highest BCUT2D eigenvalue weighted by Gasteiger charge is 2.28. The number of aromatic nitrogens is 3. The molecule has 3 heterocycles. The van der Waals surface area contributed by atoms with E-state index < -0.39 is 5.97 Å². The zero-order valence-electron chi connectivity index (χ0n) is 18.7. The van der Waals surface area contributed by atoms with Crippen molar-refractivity contribution in [3.05, 3.63) is 83.9 Å². The Balaban J connectivity index is 1.76. The summed E-state index contributed by atoms with van der Waals surface area (Å²) in [5, 5.41) is 13.1. The van der Waals surface area contributed by atoms with Crippen molar-refractivity contribution in [2.75, 3.05) is 0 Å². The number of halogens is 1. The number of benzene rings is 3. The van der Waals surface area contributed by atoms with Gasteiger partial charge >= 0.3 is 5.97 Å². The summed E-state index contributed by atoms with van der Waals surface area (Å²) < 4.78 is 14.6. The number of nitrogens with one attached hydrogen (secondary N) is 3. The van der Waals surface area contributed by atoms with Gasteiger partial charge in [0.1, 0.15) is 11.5 Å². The van der Waals surface area contributed by atoms with E-state index in [1.165, 1.54) is 12.1 Å². The quantitative estimate of drug-likeness (QED) is 0.225. The first kappa shape index (κ1) is 20.3. The average molecular weight is 452 g/mol. The molecule has 0 unspecified atom stereocenters. The Kier molecular flexibility index (Phi) is 4.39. The molecule has 5 nitrogen and oxygen atoms in total. The molecule has 6 aromatic rings. The third-order valence-corrected chi connectivity index (χ3v) is 6.53. The number of rotatable bonds is 4. The molecule has 0 atom stereocenters. The molecule has 0 fully saturated rings. The van der Waals surface area contributed by atoms with E-state index in [2.05, 4.69) is 15.0 Å². The molecule has 3 aromatic heterocycles. The van der Waals surface area contributed by atoms with Gasteiger partial charge in [0.25, 0.3) is 0 Å². The molecule has 0 bridgehead atoms. The number of hydrogen-bond acceptors (Lipinski definition) is 1. The van der Waals surface area contributed by atoms with E-state index in [1.807, 2.05) is 62.4 Å². The van der Waals surface area contributed by atoms with Crippen LogP contribution in [0.1, 0.15) is 35.8 Å². The summed E-state index contributed by atoms with van der Waals surface area (Å²) in [5.41, 5.74) is 6.28. The topological polar surface area (TPSA) is 84.7 Å². The third kappa shape index (κ3) is 2.88. The number of aromatic carboxylic acids is 1. The molecule has 0 spiro atoms. The Morgan fingerprint density at radius 3 is 2.47 bits per heavy atom. The van der Waals surface area contributed by atoms with E-state index in [0.717, 1.165) is 38.3 Å². The standard InChI is InChI=1S/C28H22FN3O2/c1-14(2)23-25(18-7-5-9-21-24(18)17-6-3-4-8-20(17)31-21)27(28(33)34)32-26(23)19-12-15(29)13-22-16(19)10-11-30-22/h3-14,30-32H,1-2H3,(H,33,34). The second-order valence-corrected chi connectivity index (χ2v) is 8.91. The highest BCUT2D eigenvalue weighted by atomic mass is 19.1. The molecule has 0 saturated heterocycles. The number of carboxylic acids is 1. The molecule has 0 aliphatic carbocycles. The van der Waals surface area contributed by atoms with Gasteiger partial charge in [-0.1, -0.05) is 44.2 Å². The highest BCUT2D eigenvalue weighted by molar-refractivity contribution is 6.16. The van der Waals surface area contributed by atoms with Crippen molar-refractivity contribution in [1.82, 2.24) is 15.0 Å². The summed E-state index contributed by atoms with van der Waals surface area (Å²) in [6, 6.07) is 18.7. The third-order valence-electron chi connectivity index (χ3n) is 6.53. The summed E-state index contributed by atoms with van der Waals surface area (Å²) in [6.07, 6.45) is 1.76. The van der Waals surface area contributed by atoms with Crippen LogP contribution in [-0.2, 0) is 0 Å². The van der Waals surface area contributed by atoms with E-state index >= 15 is 0 Å². The monoisotopic (exact) mass is 451 g/mol. The summed E-state index contributed by atoms with van der Waals surface area (Å²) in [6.45, 7) is 4.07. The molecular formula is C28H22FN3O2. The largest absolute Gasteiger partial charge is 0.477 e. The maximum absolute atomic E-state index is 14.6. The predicted molar refractivity (Wildman–Crippen MR) is 134 cm³/mol. The molecule has 34 heavy (non-hydrogen) atoms. The van der Waals surface area contributed by atoms with Crippen LogP contribution in [0.25, 0.3) is 55.1 Å². The van der Waals surface area contributed by atoms with Crippen molar-refractivity contribution in [2.45, 2.75) is 19.8 Å². The molecule has 0 radical (unpaired) electrons. The van der Waals surface area contributed by atoms with Crippen LogP contribution in [-0.4, -0.2) is 26.0 Å². The number of para-hydroxylation sites is 1. The molecule has 6 heteroatoms. The summed E-state index contributed by atoms with van der Waals surface area (Å²) in [4.78, 5) is 22.2. The normalized spacial score (nSPS) is 11.9. The van der Waals surface area contributed by atoms with E-state index in [9.17, 15) is 14.3 Å². The van der Waals surface area contributed by atoms with Crippen LogP contribution < -0.4 is 0 Å². The summed E-state index contributed by atoms with van der Waals surface area (Å²) in [5.74, 6) is -1.46. The number of aromatic amines is 3. The van der Waals surface area contributed by atoms with Crippen LogP contribution in [0.3, 0.4) is 0 Å². The van der Waals surface area contributed by atoms with E-state index in [-0.39, 0.29) is 17.4 Å². The van der Waals surface area contributed by atoms with Crippen LogP contribution in [0.4, 0.5) is 4.39 Å². The van der Waals surface area contributed by atoms with Crippen LogP contribution in [0.5, 0.6) is 0 Å². The molecule has 0 saturated carbocycles. The fourth-order valence-electron chi connectivity index (χ4n) is 5.19. The fraction of sp³-hybridized carbons (Fsp3) is 0.107. The van der Waals surface area contributed by atoms with Crippen LogP contribution >= 0.6 is 0 Å². The molecule has 0 amide bonds. The number of carboxylic acid groups (broad SMARTS) is 1. The van der Waals surface area contributed by atoms with Crippen molar-refractivity contribution in [3.63, 3.8) is 0 Å². The Hall–Kier alpha value is -4.32. The van der Waals surface area contributed by atoms with Crippen molar-refractivity contribution in [2.24, 2.45) is 0 Å². The second-order valence-electron chi connectivity index (χ2n) is 8.91. The van der Waals surface area contributed by atoms with Gasteiger partial charge in [0.15, 0.2) is 0 Å². The second kappa shape index (κ2) is 7.35. The minimum Gasteiger partial charge on any atom is -0.477 e. The van der Waals surface area contributed by atoms with Crippen molar-refractivity contribution in [3.8, 4) is 22.4 Å². The smallest absolute Gasteiger partial charge is 0.352 e. The first-order valence-corrected chi connectivity index (χ1v) is 11.2. The minimum atomic E-state index is -1.05. The Bertz CT molecular complexity index is 1740. The maximum Gasteiger partial charge on any atom is 0.352 e. The van der Waals surface area contributed by atoms with Crippen LogP contribution in [0, 0.1) is 5.82 Å². The van der Waals surface area contributed by atoms with Crippen molar-refractivity contribution >= 4 is 38.7 Å². The molecule has 0 aliphatic heterocycles. The van der Waals surface area contributed by atoms with Gasteiger partial charge in [-0.3, -0.25) is 0 Å². The first-order valence-electron chi connectivity index (χ1n) is 11.2. The van der Waals surface area contributed by atoms with Gasteiger partial charge in [0, 0.05) is 50.0 Å². The number of hydrogen-bond donors (Lipinski definition) is 4. The molecular weight excluding hydrogens is 429 g/mol. The van der Waals surface area contributed by atoms with Gasteiger partial charge in [-0.2, -0.15) is 0 Å². The minimum absolute atomic E-state index is 0.0212. The van der Waals surface area contributed by atoms with Crippen molar-refractivity contribution < 1.29 is 14.3 Å². The van der Waals surface area contributed by atoms with Gasteiger partial charge in [-0.15, -0.1) is 0 Å². The van der Waals surface area contributed by atoms with E-state index in [4.69, 9.17) is 0 Å². The van der Waals surface area contributed by atoms with Gasteiger partial charge in [0.05, 0.1) is 5.69 Å². The summed E-state index contributed by atoms with van der Waals surface area (Å²) in [7, 11) is 0. The fourth-order valence-corrected chi connectivity index (χ4v) is 5.19. The molecule has 168 valence electrons. The van der Waals surface area contributed by atoms with E-state index in [1.54, 1.807) is 6.20 Å². The van der Waals surface area contributed by atoms with Gasteiger partial charge in [0.2, 0.25) is 0 Å². The maximum atomic E-state index is 14.6. The lowest BCUT2D eigenvalue weighted by Crippen LogP contribution is -2.00. The van der Waals surface area contributed by atoms with E-state index in [0.29, 0.717) is 22.3 Å². The van der Waals surface area contributed by atoms with Gasteiger partial charge < -0.3 is 20.1 Å². The number of carbonyl (C=O) groups is 1. The first-order chi connectivity index (χ1) is 16.4. The molecule has 6 rings (SSSR count). The highest BCUT2D eigenvalue weighted by Crippen LogP contribution is 2.45. The zero-order valence-corrected chi connectivity index (χ0v) is 18.7. The lowest BCUT2D eigenvalue weighted by molar-refractivity contribution is 0.0692. The molecule has 0 aliphatic rings. The number of H-pyrrole nitrogens is 3. The lowest BCUT2D eigenvalue weighted by Gasteiger charge is -2.14. The molecule has 4 N–H and O–H groups in total. The Morgan fingerprint density at radius 1 is 0.882 bits per heavy atom. The lowest BCUT2D eigenvalue weighted by atomic mass is 9.88. The number of fused-ring (bicyclic) bond motifs is 4. The Labute approximate surface area is 194 Å². The average Bonchev–Trinajstić information content (AvgIpc) is 3.52. The van der Waals surface area contributed by atoms with Crippen LogP contribution in [0.2, 0.25) is 0 Å².